The summed E-state index contributed by atoms with van der Waals surface area (Å²) >= 11 is 0. The van der Waals surface area contributed by atoms with Gasteiger partial charge >= 0.3 is 5.97 Å². The Balaban J connectivity index is 3.58. The molecule has 0 aromatic rings. The minimum atomic E-state index is -0.554. The minimum Gasteiger partial charge on any atom is -0.373 e. The summed E-state index contributed by atoms with van der Waals surface area (Å²) in [5.74, 6) is 3.56. The first-order valence-electron chi connectivity index (χ1n) is 2.56. The van der Waals surface area contributed by atoms with Gasteiger partial charge < -0.3 is 9.63 Å². The van der Waals surface area contributed by atoms with Gasteiger partial charge in [-0.1, -0.05) is 6.92 Å². The standard InChI is InChI=1S/C5H9NO3/c1-4(2-3-7)5(8)9-6/h3-4H,2,6H2,1H3. The van der Waals surface area contributed by atoms with Gasteiger partial charge in [0.15, 0.2) is 0 Å². The predicted octanol–water partition coefficient (Wildman–Crippen LogP) is -0.372. The van der Waals surface area contributed by atoms with Crippen LogP contribution in [0.1, 0.15) is 13.3 Å². The van der Waals surface area contributed by atoms with Crippen LogP contribution >= 0.6 is 0 Å². The summed E-state index contributed by atoms with van der Waals surface area (Å²) in [6.07, 6.45) is 0.817. The second-order valence-electron chi connectivity index (χ2n) is 1.74. The van der Waals surface area contributed by atoms with Crippen molar-refractivity contribution >= 4 is 12.3 Å². The van der Waals surface area contributed by atoms with Gasteiger partial charge in [-0.2, -0.15) is 5.90 Å². The lowest BCUT2D eigenvalue weighted by Crippen LogP contribution is -2.18. The Bertz CT molecular complexity index is 113. The van der Waals surface area contributed by atoms with E-state index in [0.29, 0.717) is 6.29 Å². The minimum absolute atomic E-state index is 0.163. The molecule has 0 saturated carbocycles. The van der Waals surface area contributed by atoms with Gasteiger partial charge in [0.1, 0.15) is 6.29 Å². The van der Waals surface area contributed by atoms with Gasteiger partial charge in [0.2, 0.25) is 0 Å². The molecule has 0 fully saturated rings. The lowest BCUT2D eigenvalue weighted by Gasteiger charge is -2.01. The average Bonchev–Trinajstić information content (AvgIpc) is 1.87. The number of rotatable bonds is 3. The molecule has 0 aliphatic heterocycles. The summed E-state index contributed by atoms with van der Waals surface area (Å²) in [7, 11) is 0. The number of hydrogen-bond acceptors (Lipinski definition) is 4. The van der Waals surface area contributed by atoms with Gasteiger partial charge in [0, 0.05) is 6.42 Å². The maximum atomic E-state index is 10.4. The molecule has 0 amide bonds. The van der Waals surface area contributed by atoms with Crippen LogP contribution in [0.4, 0.5) is 0 Å². The van der Waals surface area contributed by atoms with E-state index in [2.05, 4.69) is 10.7 Å². The van der Waals surface area contributed by atoms with Crippen LogP contribution in [-0.4, -0.2) is 12.3 Å². The topological polar surface area (TPSA) is 69.4 Å². The number of aldehydes is 1. The summed E-state index contributed by atoms with van der Waals surface area (Å²) in [6.45, 7) is 1.57. The van der Waals surface area contributed by atoms with Crippen LogP contribution in [0.15, 0.2) is 0 Å². The van der Waals surface area contributed by atoms with Crippen molar-refractivity contribution in [1.82, 2.24) is 0 Å². The Morgan fingerprint density at radius 1 is 1.89 bits per heavy atom. The first-order chi connectivity index (χ1) is 4.22. The van der Waals surface area contributed by atoms with Gasteiger partial charge in [0.05, 0.1) is 5.92 Å². The van der Waals surface area contributed by atoms with Crippen LogP contribution in [0.3, 0.4) is 0 Å². The van der Waals surface area contributed by atoms with Crippen molar-refractivity contribution in [1.29, 1.82) is 0 Å². The molecular formula is C5H9NO3. The molecular weight excluding hydrogens is 122 g/mol. The SMILES string of the molecule is CC(CC=O)C(=O)ON. The van der Waals surface area contributed by atoms with Gasteiger partial charge in [-0.05, 0) is 0 Å². The van der Waals surface area contributed by atoms with Crippen molar-refractivity contribution in [2.24, 2.45) is 11.8 Å². The van der Waals surface area contributed by atoms with E-state index in [1.54, 1.807) is 6.92 Å². The summed E-state index contributed by atoms with van der Waals surface area (Å²) in [6, 6.07) is 0. The molecule has 52 valence electrons. The van der Waals surface area contributed by atoms with Crippen LogP contribution in [0.25, 0.3) is 0 Å². The number of nitrogens with two attached hydrogens (primary N) is 1. The highest BCUT2D eigenvalue weighted by molar-refractivity contribution is 5.74. The summed E-state index contributed by atoms with van der Waals surface area (Å²) < 4.78 is 0. The zero-order valence-electron chi connectivity index (χ0n) is 5.16. The van der Waals surface area contributed by atoms with Gasteiger partial charge in [-0.3, -0.25) is 4.79 Å². The highest BCUT2D eigenvalue weighted by Crippen LogP contribution is 1.99. The second-order valence-corrected chi connectivity index (χ2v) is 1.74. The quantitative estimate of drug-likeness (QED) is 0.419. The first-order valence-corrected chi connectivity index (χ1v) is 2.56. The van der Waals surface area contributed by atoms with Crippen LogP contribution in [0.2, 0.25) is 0 Å². The van der Waals surface area contributed by atoms with Crippen molar-refractivity contribution in [3.05, 3.63) is 0 Å². The van der Waals surface area contributed by atoms with E-state index < -0.39 is 11.9 Å². The Morgan fingerprint density at radius 3 is 2.78 bits per heavy atom. The Kier molecular flexibility index (Phi) is 3.62. The molecule has 0 rings (SSSR count). The molecule has 4 nitrogen and oxygen atoms in total. The van der Waals surface area contributed by atoms with Crippen molar-refractivity contribution < 1.29 is 14.4 Å². The molecule has 0 radical (unpaired) electrons. The van der Waals surface area contributed by atoms with Crippen LogP contribution in [-0.2, 0) is 14.4 Å². The lowest BCUT2D eigenvalue weighted by molar-refractivity contribution is -0.149. The zero-order chi connectivity index (χ0) is 7.28. The largest absolute Gasteiger partial charge is 0.373 e. The van der Waals surface area contributed by atoms with Gasteiger partial charge in [-0.15, -0.1) is 0 Å². The molecule has 1 unspecified atom stereocenters. The van der Waals surface area contributed by atoms with Crippen LogP contribution in [0, 0.1) is 5.92 Å². The Hall–Kier alpha value is -0.900. The fourth-order valence-corrected chi connectivity index (χ4v) is 0.357. The smallest absolute Gasteiger partial charge is 0.327 e. The van der Waals surface area contributed by atoms with Crippen LogP contribution < -0.4 is 5.90 Å². The van der Waals surface area contributed by atoms with E-state index in [0.717, 1.165) is 0 Å². The normalized spacial score (nSPS) is 12.2. The predicted molar refractivity (Wildman–Crippen MR) is 30.1 cm³/mol. The summed E-state index contributed by atoms with van der Waals surface area (Å²) in [5, 5.41) is 0. The van der Waals surface area contributed by atoms with Crippen molar-refractivity contribution in [2.45, 2.75) is 13.3 Å². The molecule has 0 heterocycles. The van der Waals surface area contributed by atoms with E-state index in [1.165, 1.54) is 0 Å². The molecule has 4 heteroatoms. The fraction of sp³-hybridized carbons (Fsp3) is 0.600. The van der Waals surface area contributed by atoms with Crippen molar-refractivity contribution in [3.63, 3.8) is 0 Å². The van der Waals surface area contributed by atoms with Crippen LogP contribution in [0.5, 0.6) is 0 Å². The fourth-order valence-electron chi connectivity index (χ4n) is 0.357. The summed E-state index contributed by atoms with van der Waals surface area (Å²) in [5.41, 5.74) is 0. The third kappa shape index (κ3) is 2.81. The van der Waals surface area contributed by atoms with Gasteiger partial charge in [0.25, 0.3) is 0 Å². The zero-order valence-corrected chi connectivity index (χ0v) is 5.16. The maximum absolute atomic E-state index is 10.4. The van der Waals surface area contributed by atoms with E-state index in [4.69, 9.17) is 0 Å². The maximum Gasteiger partial charge on any atom is 0.327 e. The third-order valence-corrected chi connectivity index (χ3v) is 0.968. The molecule has 0 saturated heterocycles. The molecule has 0 aromatic carbocycles. The van der Waals surface area contributed by atoms with E-state index in [-0.39, 0.29) is 6.42 Å². The van der Waals surface area contributed by atoms with E-state index >= 15 is 0 Å². The summed E-state index contributed by atoms with van der Waals surface area (Å²) in [4.78, 5) is 24.0. The molecule has 2 N–H and O–H groups in total. The molecule has 9 heavy (non-hydrogen) atoms. The number of hydrogen-bond donors (Lipinski definition) is 1. The molecule has 1 atom stereocenters. The lowest BCUT2D eigenvalue weighted by atomic mass is 10.1. The Labute approximate surface area is 52.9 Å². The van der Waals surface area contributed by atoms with E-state index in [9.17, 15) is 9.59 Å². The van der Waals surface area contributed by atoms with Crippen molar-refractivity contribution in [3.8, 4) is 0 Å². The average molecular weight is 131 g/mol. The molecule has 0 aliphatic rings. The monoisotopic (exact) mass is 131 g/mol. The van der Waals surface area contributed by atoms with E-state index in [1.807, 2.05) is 0 Å². The molecule has 0 bridgehead atoms. The Morgan fingerprint density at radius 2 is 2.44 bits per heavy atom. The molecule has 0 spiro atoms. The second kappa shape index (κ2) is 4.03. The van der Waals surface area contributed by atoms with Crippen molar-refractivity contribution in [2.75, 3.05) is 0 Å². The number of carbonyl (C=O) groups excluding carboxylic acids is 2. The first kappa shape index (κ1) is 8.10. The molecule has 0 aromatic heterocycles. The molecule has 0 aliphatic carbocycles. The third-order valence-electron chi connectivity index (χ3n) is 0.968. The highest BCUT2D eigenvalue weighted by atomic mass is 16.7. The van der Waals surface area contributed by atoms with Gasteiger partial charge in [-0.25, -0.2) is 0 Å². The number of carbonyl (C=O) groups is 2. The highest BCUT2D eigenvalue weighted by Gasteiger charge is 2.11.